The first kappa shape index (κ1) is 34.9. The van der Waals surface area contributed by atoms with Gasteiger partial charge in [0.2, 0.25) is 0 Å². The molecule has 2 N–H and O–H groups in total. The lowest BCUT2D eigenvalue weighted by Gasteiger charge is -1.98. The highest BCUT2D eigenvalue weighted by atomic mass is 19.4. The molecule has 15 heteroatoms. The summed E-state index contributed by atoms with van der Waals surface area (Å²) in [6, 6.07) is 9.12. The van der Waals surface area contributed by atoms with Crippen LogP contribution in [0.4, 0.5) is 67.2 Å². The van der Waals surface area contributed by atoms with E-state index in [1.807, 2.05) is 13.8 Å². The van der Waals surface area contributed by atoms with Crippen LogP contribution in [0.5, 0.6) is 0 Å². The predicted octanol–water partition coefficient (Wildman–Crippen LogP) is 9.41. The average molecular weight is 549 g/mol. The first-order valence-corrected chi connectivity index (χ1v) is 8.91. The number of anilines is 1. The average Bonchev–Trinajstić information content (AvgIpc) is 2.72. The van der Waals surface area contributed by atoms with Crippen LogP contribution in [0.25, 0.3) is 0 Å². The SMILES string of the molecule is Cc1cc(F)ccc1N.Cc1ccc(F)cc1C.FC(F)=C(F)C(F)(F)F.FC(F)=C(F)C(F)(F)F. The molecule has 2 aromatic rings. The molecule has 204 valence electrons. The number of allylic oxidation sites excluding steroid dienone is 2. The number of halogens is 14. The molecule has 2 rings (SSSR count). The fourth-order valence-electron chi connectivity index (χ4n) is 1.56. The highest BCUT2D eigenvalue weighted by Crippen LogP contribution is 2.30. The number of hydrogen-bond acceptors (Lipinski definition) is 1. The maximum absolute atomic E-state index is 12.3. The van der Waals surface area contributed by atoms with Gasteiger partial charge in [0.1, 0.15) is 11.6 Å². The Balaban J connectivity index is 0. The van der Waals surface area contributed by atoms with Gasteiger partial charge in [0.15, 0.2) is 0 Å². The molecular formula is C21H17F14N. The van der Waals surface area contributed by atoms with Crippen LogP contribution < -0.4 is 5.73 Å². The molecular weight excluding hydrogens is 532 g/mol. The number of benzene rings is 2. The molecule has 2 aromatic carbocycles. The van der Waals surface area contributed by atoms with Gasteiger partial charge >= 0.3 is 24.5 Å². The molecule has 0 aliphatic rings. The van der Waals surface area contributed by atoms with Crippen LogP contribution in [0.2, 0.25) is 0 Å². The lowest BCUT2D eigenvalue weighted by molar-refractivity contribution is -0.113. The Hall–Kier alpha value is -3.26. The number of rotatable bonds is 0. The second kappa shape index (κ2) is 15.0. The van der Waals surface area contributed by atoms with Crippen LogP contribution >= 0.6 is 0 Å². The monoisotopic (exact) mass is 549 g/mol. The van der Waals surface area contributed by atoms with Gasteiger partial charge in [0.05, 0.1) is 0 Å². The molecule has 36 heavy (non-hydrogen) atoms. The summed E-state index contributed by atoms with van der Waals surface area (Å²) in [5.41, 5.74) is 8.99. The molecule has 0 heterocycles. The zero-order chi connectivity index (χ0) is 29.0. The lowest BCUT2D eigenvalue weighted by atomic mass is 10.1. The van der Waals surface area contributed by atoms with Crippen LogP contribution in [0.3, 0.4) is 0 Å². The van der Waals surface area contributed by atoms with Gasteiger partial charge in [-0.15, -0.1) is 0 Å². The van der Waals surface area contributed by atoms with Crippen molar-refractivity contribution in [3.8, 4) is 0 Å². The summed E-state index contributed by atoms with van der Waals surface area (Å²) in [6.07, 6.45) is -17.8. The first-order valence-electron chi connectivity index (χ1n) is 8.91. The van der Waals surface area contributed by atoms with Gasteiger partial charge in [-0.25, -0.2) is 8.78 Å². The van der Waals surface area contributed by atoms with E-state index in [1.54, 1.807) is 19.1 Å². The third-order valence-corrected chi connectivity index (χ3v) is 3.53. The molecule has 0 amide bonds. The van der Waals surface area contributed by atoms with E-state index in [9.17, 15) is 61.5 Å². The maximum atomic E-state index is 12.3. The van der Waals surface area contributed by atoms with Crippen molar-refractivity contribution in [2.75, 3.05) is 5.73 Å². The van der Waals surface area contributed by atoms with Crippen LogP contribution in [-0.4, -0.2) is 12.4 Å². The van der Waals surface area contributed by atoms with E-state index in [1.165, 1.54) is 24.3 Å². The van der Waals surface area contributed by atoms with Gasteiger partial charge < -0.3 is 5.73 Å². The number of aryl methyl sites for hydroxylation is 3. The van der Waals surface area contributed by atoms with Crippen molar-refractivity contribution in [3.05, 3.63) is 88.5 Å². The van der Waals surface area contributed by atoms with Crippen molar-refractivity contribution in [1.29, 1.82) is 0 Å². The van der Waals surface area contributed by atoms with Crippen molar-refractivity contribution >= 4 is 5.69 Å². The van der Waals surface area contributed by atoms with Crippen molar-refractivity contribution in [2.24, 2.45) is 0 Å². The van der Waals surface area contributed by atoms with Gasteiger partial charge in [-0.05, 0) is 67.8 Å². The number of alkyl halides is 6. The zero-order valence-corrected chi connectivity index (χ0v) is 18.3. The summed E-state index contributed by atoms with van der Waals surface area (Å²) in [6.45, 7) is 5.64. The quantitative estimate of drug-likeness (QED) is 0.257. The summed E-state index contributed by atoms with van der Waals surface area (Å²) in [5.74, 6) is -7.05. The van der Waals surface area contributed by atoms with Crippen LogP contribution in [0.1, 0.15) is 16.7 Å². The Bertz CT molecular complexity index is 944. The molecule has 0 unspecified atom stereocenters. The van der Waals surface area contributed by atoms with E-state index in [-0.39, 0.29) is 11.6 Å². The number of nitrogens with two attached hydrogens (primary N) is 1. The number of hydrogen-bond donors (Lipinski definition) is 1. The van der Waals surface area contributed by atoms with E-state index in [0.29, 0.717) is 5.69 Å². The third-order valence-electron chi connectivity index (χ3n) is 3.53. The van der Waals surface area contributed by atoms with E-state index in [4.69, 9.17) is 5.73 Å². The van der Waals surface area contributed by atoms with Gasteiger partial charge in [0.25, 0.3) is 11.7 Å². The topological polar surface area (TPSA) is 26.0 Å². The lowest BCUT2D eigenvalue weighted by Crippen LogP contribution is -2.08. The van der Waals surface area contributed by atoms with Gasteiger partial charge in [-0.3, -0.25) is 0 Å². The summed E-state index contributed by atoms with van der Waals surface area (Å²) < 4.78 is 154. The van der Waals surface area contributed by atoms with Gasteiger partial charge in [-0.2, -0.15) is 52.7 Å². The summed E-state index contributed by atoms with van der Waals surface area (Å²) in [7, 11) is 0. The minimum absolute atomic E-state index is 0.155. The van der Waals surface area contributed by atoms with E-state index < -0.39 is 36.2 Å². The standard InChI is InChI=1S/C8H9F.C7H8FN.2C3F6/c1-6-3-4-8(9)5-7(6)2;1-5-4-6(8)2-3-7(5)9;2*4-1(2(5)6)3(7,8)9/h3-5H,1-2H3;2-4H,9H2,1H3;;. The fourth-order valence-corrected chi connectivity index (χ4v) is 1.56. The van der Waals surface area contributed by atoms with Gasteiger partial charge in [0, 0.05) is 5.69 Å². The number of nitrogen functional groups attached to an aromatic ring is 1. The molecule has 0 bridgehead atoms. The molecule has 0 saturated carbocycles. The molecule has 0 atom stereocenters. The molecule has 0 radical (unpaired) electrons. The maximum Gasteiger partial charge on any atom is 0.448 e. The molecule has 0 saturated heterocycles. The molecule has 0 spiro atoms. The summed E-state index contributed by atoms with van der Waals surface area (Å²) >= 11 is 0. The van der Waals surface area contributed by atoms with E-state index in [0.717, 1.165) is 16.7 Å². The largest absolute Gasteiger partial charge is 0.448 e. The minimum atomic E-state index is -5.56. The second-order valence-electron chi connectivity index (χ2n) is 6.37. The van der Waals surface area contributed by atoms with Crippen molar-refractivity contribution in [2.45, 2.75) is 33.1 Å². The van der Waals surface area contributed by atoms with E-state index in [2.05, 4.69) is 0 Å². The Morgan fingerprint density at radius 1 is 0.556 bits per heavy atom. The Morgan fingerprint density at radius 2 is 0.889 bits per heavy atom. The summed E-state index contributed by atoms with van der Waals surface area (Å²) in [4.78, 5) is 0. The van der Waals surface area contributed by atoms with Crippen molar-refractivity contribution < 1.29 is 61.5 Å². The minimum Gasteiger partial charge on any atom is -0.399 e. The van der Waals surface area contributed by atoms with Crippen molar-refractivity contribution in [3.63, 3.8) is 0 Å². The molecule has 0 aliphatic heterocycles. The van der Waals surface area contributed by atoms with E-state index >= 15 is 0 Å². The fraction of sp³-hybridized carbons (Fsp3) is 0.238. The Labute approximate surface area is 195 Å². The van der Waals surface area contributed by atoms with Crippen LogP contribution in [0, 0.1) is 32.4 Å². The molecule has 0 aliphatic carbocycles. The van der Waals surface area contributed by atoms with Crippen molar-refractivity contribution in [1.82, 2.24) is 0 Å². The Kier molecular flexibility index (Phi) is 14.5. The molecule has 0 aromatic heterocycles. The third kappa shape index (κ3) is 14.9. The highest BCUT2D eigenvalue weighted by Gasteiger charge is 2.39. The summed E-state index contributed by atoms with van der Waals surface area (Å²) in [5, 5.41) is 0. The zero-order valence-electron chi connectivity index (χ0n) is 18.3. The molecule has 0 fully saturated rings. The molecule has 1 nitrogen and oxygen atoms in total. The first-order chi connectivity index (χ1) is 16.1. The second-order valence-corrected chi connectivity index (χ2v) is 6.37. The van der Waals surface area contributed by atoms with Crippen LogP contribution in [0.15, 0.2) is 60.2 Å². The Morgan fingerprint density at radius 3 is 1.08 bits per heavy atom. The highest BCUT2D eigenvalue weighted by molar-refractivity contribution is 5.45. The predicted molar refractivity (Wildman–Crippen MR) is 104 cm³/mol. The van der Waals surface area contributed by atoms with Crippen LogP contribution in [-0.2, 0) is 0 Å². The smallest absolute Gasteiger partial charge is 0.399 e. The van der Waals surface area contributed by atoms with Gasteiger partial charge in [-0.1, -0.05) is 6.07 Å². The normalized spacial score (nSPS) is 10.5.